The van der Waals surface area contributed by atoms with Gasteiger partial charge in [-0.1, -0.05) is 17.7 Å². The highest BCUT2D eigenvalue weighted by Gasteiger charge is 2.33. The maximum Gasteiger partial charge on any atom is 0.422 e. The van der Waals surface area contributed by atoms with Crippen molar-refractivity contribution in [3.8, 4) is 17.6 Å². The number of nitriles is 1. The van der Waals surface area contributed by atoms with Crippen molar-refractivity contribution in [2.45, 2.75) is 26.2 Å². The van der Waals surface area contributed by atoms with E-state index in [1.54, 1.807) is 16.9 Å². The molecule has 2 aromatic heterocycles. The van der Waals surface area contributed by atoms with Crippen molar-refractivity contribution in [2.75, 3.05) is 6.61 Å². The fourth-order valence-electron chi connectivity index (χ4n) is 3.35. The van der Waals surface area contributed by atoms with Crippen LogP contribution in [-0.2, 0) is 13.1 Å². The van der Waals surface area contributed by atoms with Crippen LogP contribution < -0.4 is 4.74 Å². The number of rotatable bonds is 4. The summed E-state index contributed by atoms with van der Waals surface area (Å²) in [4.78, 5) is 19.0. The molecule has 32 heavy (non-hydrogen) atoms. The van der Waals surface area contributed by atoms with Gasteiger partial charge in [0, 0.05) is 24.0 Å². The highest BCUT2D eigenvalue weighted by atomic mass is 35.5. The van der Waals surface area contributed by atoms with Crippen LogP contribution in [0.15, 0.2) is 36.5 Å². The molecule has 0 unspecified atom stereocenters. The fraction of sp³-hybridized carbons (Fsp3) is 0.238. The number of carbonyl (C=O) groups excluding carboxylic acids is 1. The van der Waals surface area contributed by atoms with E-state index >= 15 is 0 Å². The van der Waals surface area contributed by atoms with E-state index in [0.717, 1.165) is 17.3 Å². The van der Waals surface area contributed by atoms with E-state index < -0.39 is 18.7 Å². The molecule has 0 N–H and O–H groups in total. The summed E-state index contributed by atoms with van der Waals surface area (Å²) in [7, 11) is 0. The molecule has 0 radical (unpaired) electrons. The molecule has 1 amide bonds. The Morgan fingerprint density at radius 1 is 1.28 bits per heavy atom. The van der Waals surface area contributed by atoms with Crippen molar-refractivity contribution in [2.24, 2.45) is 0 Å². The zero-order valence-electron chi connectivity index (χ0n) is 16.6. The van der Waals surface area contributed by atoms with E-state index in [0.29, 0.717) is 11.5 Å². The molecule has 0 bridgehead atoms. The lowest BCUT2D eigenvalue weighted by Crippen LogP contribution is -2.28. The van der Waals surface area contributed by atoms with E-state index in [1.807, 2.05) is 25.1 Å². The quantitative estimate of drug-likeness (QED) is 0.581. The van der Waals surface area contributed by atoms with Crippen molar-refractivity contribution >= 4 is 17.5 Å². The van der Waals surface area contributed by atoms with Gasteiger partial charge < -0.3 is 9.64 Å². The van der Waals surface area contributed by atoms with Gasteiger partial charge in [-0.15, -0.1) is 0 Å². The average molecular weight is 462 g/mol. The Hall–Kier alpha value is -3.58. The van der Waals surface area contributed by atoms with Crippen LogP contribution in [0.5, 0.6) is 5.75 Å². The van der Waals surface area contributed by atoms with Gasteiger partial charge in [-0.25, -0.2) is 9.67 Å². The summed E-state index contributed by atoms with van der Waals surface area (Å²) in [6, 6.07) is 9.69. The maximum absolute atomic E-state index is 13.2. The third-order valence-corrected chi connectivity index (χ3v) is 5.20. The van der Waals surface area contributed by atoms with Gasteiger partial charge in [-0.2, -0.15) is 23.5 Å². The number of benzene rings is 1. The molecule has 0 fully saturated rings. The number of amides is 1. The molecule has 0 atom stereocenters. The Kier molecular flexibility index (Phi) is 5.52. The van der Waals surface area contributed by atoms with Crippen LogP contribution in [0.1, 0.15) is 32.9 Å². The smallest absolute Gasteiger partial charge is 0.422 e. The van der Waals surface area contributed by atoms with Crippen molar-refractivity contribution in [3.63, 3.8) is 0 Å². The van der Waals surface area contributed by atoms with E-state index in [1.165, 1.54) is 11.0 Å². The molecular weight excluding hydrogens is 447 g/mol. The van der Waals surface area contributed by atoms with Gasteiger partial charge in [0.1, 0.15) is 17.4 Å². The number of carbonyl (C=O) groups is 1. The van der Waals surface area contributed by atoms with Gasteiger partial charge in [0.25, 0.3) is 5.91 Å². The number of fused-ring (bicyclic) bond motifs is 1. The molecule has 0 aliphatic carbocycles. The van der Waals surface area contributed by atoms with Crippen molar-refractivity contribution in [3.05, 3.63) is 69.6 Å². The van der Waals surface area contributed by atoms with Gasteiger partial charge in [0.15, 0.2) is 12.4 Å². The Bertz CT molecular complexity index is 1230. The topological polar surface area (TPSA) is 84.0 Å². The monoisotopic (exact) mass is 461 g/mol. The van der Waals surface area contributed by atoms with Crippen LogP contribution in [-0.4, -0.2) is 38.4 Å². The molecule has 164 valence electrons. The molecule has 3 heterocycles. The van der Waals surface area contributed by atoms with Crippen LogP contribution in [0.4, 0.5) is 13.2 Å². The second-order valence-corrected chi connectivity index (χ2v) is 7.54. The van der Waals surface area contributed by atoms with Crippen LogP contribution in [0.2, 0.25) is 5.02 Å². The first-order valence-corrected chi connectivity index (χ1v) is 9.77. The Morgan fingerprint density at radius 2 is 2.06 bits per heavy atom. The molecule has 0 saturated carbocycles. The molecule has 1 aliphatic heterocycles. The summed E-state index contributed by atoms with van der Waals surface area (Å²) in [5, 5.41) is 13.4. The summed E-state index contributed by atoms with van der Waals surface area (Å²) in [6.45, 7) is 0.565. The van der Waals surface area contributed by atoms with E-state index in [-0.39, 0.29) is 35.0 Å². The SMILES string of the molecule is Cc1cccc(-n2cc3c(n2)CN(C(=O)c2c(OCC(F)(F)F)ccc(C#N)c2Cl)C3)n1. The Morgan fingerprint density at radius 3 is 2.72 bits per heavy atom. The summed E-state index contributed by atoms with van der Waals surface area (Å²) in [6.07, 6.45) is -2.85. The highest BCUT2D eigenvalue weighted by Crippen LogP contribution is 2.34. The van der Waals surface area contributed by atoms with E-state index in [9.17, 15) is 23.2 Å². The molecule has 0 spiro atoms. The first-order chi connectivity index (χ1) is 15.2. The first kappa shape index (κ1) is 21.6. The predicted octanol–water partition coefficient (Wildman–Crippen LogP) is 4.20. The van der Waals surface area contributed by atoms with Gasteiger partial charge >= 0.3 is 6.18 Å². The molecule has 1 aliphatic rings. The van der Waals surface area contributed by atoms with Crippen LogP contribution >= 0.6 is 11.6 Å². The maximum atomic E-state index is 13.2. The second-order valence-electron chi connectivity index (χ2n) is 7.16. The standard InChI is InChI=1S/C21H15ClF3N5O2/c1-12-3-2-4-17(27-12)30-9-14-8-29(10-15(14)28-30)20(31)18-16(32-11-21(23,24)25)6-5-13(7-26)19(18)22/h2-6,9H,8,10-11H2,1H3. The lowest BCUT2D eigenvalue weighted by molar-refractivity contribution is -0.153. The van der Waals surface area contributed by atoms with Gasteiger partial charge in [0.05, 0.1) is 22.8 Å². The number of halogens is 4. The zero-order chi connectivity index (χ0) is 23.0. The normalized spacial score (nSPS) is 13.1. The number of hydrogen-bond donors (Lipinski definition) is 0. The van der Waals surface area contributed by atoms with Crippen molar-refractivity contribution in [1.82, 2.24) is 19.7 Å². The molecule has 11 heteroatoms. The number of hydrogen-bond acceptors (Lipinski definition) is 5. The third-order valence-electron chi connectivity index (χ3n) is 4.80. The molecule has 0 saturated heterocycles. The summed E-state index contributed by atoms with van der Waals surface area (Å²) in [5.74, 6) is -0.359. The largest absolute Gasteiger partial charge is 0.483 e. The summed E-state index contributed by atoms with van der Waals surface area (Å²) < 4.78 is 44.3. The lowest BCUT2D eigenvalue weighted by atomic mass is 10.1. The highest BCUT2D eigenvalue weighted by molar-refractivity contribution is 6.35. The minimum Gasteiger partial charge on any atom is -0.483 e. The summed E-state index contributed by atoms with van der Waals surface area (Å²) >= 11 is 6.18. The number of ether oxygens (including phenoxy) is 1. The fourth-order valence-corrected chi connectivity index (χ4v) is 3.63. The van der Waals surface area contributed by atoms with Crippen LogP contribution in [0, 0.1) is 18.3 Å². The molecule has 4 rings (SSSR count). The van der Waals surface area contributed by atoms with Crippen LogP contribution in [0.3, 0.4) is 0 Å². The van der Waals surface area contributed by atoms with Gasteiger partial charge in [0.2, 0.25) is 0 Å². The van der Waals surface area contributed by atoms with E-state index in [2.05, 4.69) is 10.1 Å². The summed E-state index contributed by atoms with van der Waals surface area (Å²) in [5.41, 5.74) is 1.91. The molecular formula is C21H15ClF3N5O2. The van der Waals surface area contributed by atoms with E-state index in [4.69, 9.17) is 16.3 Å². The molecule has 7 nitrogen and oxygen atoms in total. The van der Waals surface area contributed by atoms with Crippen molar-refractivity contribution < 1.29 is 22.7 Å². The number of aryl methyl sites for hydroxylation is 1. The van der Waals surface area contributed by atoms with Gasteiger partial charge in [-0.05, 0) is 31.2 Å². The number of pyridine rings is 1. The number of alkyl halides is 3. The average Bonchev–Trinajstić information content (AvgIpc) is 3.31. The van der Waals surface area contributed by atoms with Gasteiger partial charge in [-0.3, -0.25) is 4.79 Å². The second kappa shape index (κ2) is 8.16. The number of aromatic nitrogens is 3. The van der Waals surface area contributed by atoms with Crippen LogP contribution in [0.25, 0.3) is 5.82 Å². The zero-order valence-corrected chi connectivity index (χ0v) is 17.4. The number of nitrogens with zero attached hydrogens (tertiary/aromatic N) is 5. The Balaban J connectivity index is 1.60. The first-order valence-electron chi connectivity index (χ1n) is 9.39. The molecule has 3 aromatic rings. The minimum atomic E-state index is -4.60. The Labute approximate surface area is 185 Å². The third kappa shape index (κ3) is 4.24. The van der Waals surface area contributed by atoms with Crippen molar-refractivity contribution in [1.29, 1.82) is 5.26 Å². The lowest BCUT2D eigenvalue weighted by Gasteiger charge is -2.20. The molecule has 1 aromatic carbocycles. The predicted molar refractivity (Wildman–Crippen MR) is 107 cm³/mol. The minimum absolute atomic E-state index is 0.0398.